The number of carbonyl (C=O) groups excluding carboxylic acids is 1. The smallest absolute Gasteiger partial charge is 0.254 e. The molecular formula is C12H15NO2. The summed E-state index contributed by atoms with van der Waals surface area (Å²) in [6.45, 7) is 3.65. The van der Waals surface area contributed by atoms with Gasteiger partial charge in [-0.25, -0.2) is 0 Å². The van der Waals surface area contributed by atoms with Gasteiger partial charge in [0.05, 0.1) is 7.11 Å². The molecule has 3 nitrogen and oxygen atoms in total. The number of hydrogen-bond donors (Lipinski definition) is 0. The summed E-state index contributed by atoms with van der Waals surface area (Å²) in [5, 5.41) is 0. The van der Waals surface area contributed by atoms with E-state index in [4.69, 9.17) is 4.74 Å². The van der Waals surface area contributed by atoms with Gasteiger partial charge in [0.2, 0.25) is 0 Å². The van der Waals surface area contributed by atoms with Gasteiger partial charge < -0.3 is 9.64 Å². The van der Waals surface area contributed by atoms with Crippen LogP contribution in [0.25, 0.3) is 0 Å². The average Bonchev–Trinajstić information content (AvgIpc) is 2.56. The molecule has 0 saturated heterocycles. The molecule has 0 saturated carbocycles. The maximum atomic E-state index is 11.9. The Bertz CT molecular complexity index is 387. The van der Waals surface area contributed by atoms with Crippen molar-refractivity contribution >= 4 is 5.91 Å². The zero-order valence-electron chi connectivity index (χ0n) is 9.12. The van der Waals surface area contributed by atoms with E-state index < -0.39 is 0 Å². The lowest BCUT2D eigenvalue weighted by atomic mass is 10.1. The summed E-state index contributed by atoms with van der Waals surface area (Å²) in [5.74, 6) is 0.881. The molecule has 0 fully saturated rings. The molecule has 0 bridgehead atoms. The van der Waals surface area contributed by atoms with E-state index in [2.05, 4.69) is 6.92 Å². The van der Waals surface area contributed by atoms with Crippen LogP contribution in [0.2, 0.25) is 0 Å². The molecule has 1 amide bonds. The third-order valence-electron chi connectivity index (χ3n) is 2.69. The number of hydrogen-bond acceptors (Lipinski definition) is 2. The highest BCUT2D eigenvalue weighted by atomic mass is 16.5. The summed E-state index contributed by atoms with van der Waals surface area (Å²) in [7, 11) is 1.62. The zero-order chi connectivity index (χ0) is 10.8. The summed E-state index contributed by atoms with van der Waals surface area (Å²) in [6, 6.07) is 5.70. The highest BCUT2D eigenvalue weighted by Crippen LogP contribution is 2.26. The summed E-state index contributed by atoms with van der Waals surface area (Å²) < 4.78 is 5.11. The van der Waals surface area contributed by atoms with E-state index in [9.17, 15) is 4.79 Å². The molecule has 1 heterocycles. The van der Waals surface area contributed by atoms with Crippen LogP contribution in [-0.4, -0.2) is 24.5 Å². The van der Waals surface area contributed by atoms with Crippen molar-refractivity contribution in [3.8, 4) is 5.75 Å². The summed E-state index contributed by atoms with van der Waals surface area (Å²) in [4.78, 5) is 13.8. The molecule has 2 rings (SSSR count). The topological polar surface area (TPSA) is 29.5 Å². The highest BCUT2D eigenvalue weighted by Gasteiger charge is 2.26. The third-order valence-corrected chi connectivity index (χ3v) is 2.69. The van der Waals surface area contributed by atoms with Crippen LogP contribution < -0.4 is 4.74 Å². The summed E-state index contributed by atoms with van der Waals surface area (Å²) >= 11 is 0. The first-order chi connectivity index (χ1) is 7.26. The first-order valence-corrected chi connectivity index (χ1v) is 5.22. The van der Waals surface area contributed by atoms with E-state index in [0.717, 1.165) is 36.4 Å². The molecule has 1 aliphatic rings. The van der Waals surface area contributed by atoms with Crippen molar-refractivity contribution in [2.45, 2.75) is 19.9 Å². The van der Waals surface area contributed by atoms with Gasteiger partial charge in [0.25, 0.3) is 5.91 Å². The fourth-order valence-corrected chi connectivity index (χ4v) is 1.92. The van der Waals surface area contributed by atoms with E-state index >= 15 is 0 Å². The van der Waals surface area contributed by atoms with Crippen LogP contribution in [0.4, 0.5) is 0 Å². The van der Waals surface area contributed by atoms with Gasteiger partial charge in [-0.05, 0) is 24.1 Å². The molecule has 0 aliphatic carbocycles. The van der Waals surface area contributed by atoms with Crippen LogP contribution >= 0.6 is 0 Å². The second-order valence-electron chi connectivity index (χ2n) is 3.75. The lowest BCUT2D eigenvalue weighted by Gasteiger charge is -2.13. The van der Waals surface area contributed by atoms with Crippen LogP contribution in [0.3, 0.4) is 0 Å². The van der Waals surface area contributed by atoms with Gasteiger partial charge in [-0.1, -0.05) is 13.0 Å². The van der Waals surface area contributed by atoms with Gasteiger partial charge in [-0.3, -0.25) is 4.79 Å². The number of rotatable bonds is 3. The number of methoxy groups -OCH3 is 1. The Balaban J connectivity index is 2.29. The standard InChI is InChI=1S/C12H15NO2/c1-3-6-13-8-9-4-5-10(15-2)7-11(9)12(13)14/h4-5,7H,3,6,8H2,1-2H3. The third kappa shape index (κ3) is 1.69. The van der Waals surface area contributed by atoms with Gasteiger partial charge >= 0.3 is 0 Å². The molecule has 0 radical (unpaired) electrons. The molecule has 0 unspecified atom stereocenters. The minimum atomic E-state index is 0.130. The maximum absolute atomic E-state index is 11.9. The highest BCUT2D eigenvalue weighted by molar-refractivity contribution is 5.98. The van der Waals surface area contributed by atoms with Crippen molar-refractivity contribution < 1.29 is 9.53 Å². The van der Waals surface area contributed by atoms with Gasteiger partial charge in [-0.15, -0.1) is 0 Å². The van der Waals surface area contributed by atoms with E-state index in [1.807, 2.05) is 23.1 Å². The van der Waals surface area contributed by atoms with Gasteiger partial charge in [0.15, 0.2) is 0 Å². The number of fused-ring (bicyclic) bond motifs is 1. The Hall–Kier alpha value is -1.51. The quantitative estimate of drug-likeness (QED) is 0.756. The Labute approximate surface area is 89.7 Å². The first-order valence-electron chi connectivity index (χ1n) is 5.22. The second kappa shape index (κ2) is 3.93. The van der Waals surface area contributed by atoms with Gasteiger partial charge in [0.1, 0.15) is 5.75 Å². The molecule has 3 heteroatoms. The van der Waals surface area contributed by atoms with E-state index in [1.165, 1.54) is 0 Å². The monoisotopic (exact) mass is 205 g/mol. The van der Waals surface area contributed by atoms with Crippen LogP contribution in [0.1, 0.15) is 29.3 Å². The van der Waals surface area contributed by atoms with E-state index in [0.29, 0.717) is 0 Å². The predicted octanol–water partition coefficient (Wildman–Crippen LogP) is 2.06. The van der Waals surface area contributed by atoms with Crippen LogP contribution in [-0.2, 0) is 6.54 Å². The van der Waals surface area contributed by atoms with Crippen LogP contribution in [0.15, 0.2) is 18.2 Å². The minimum absolute atomic E-state index is 0.130. The molecule has 1 aromatic rings. The fourth-order valence-electron chi connectivity index (χ4n) is 1.92. The number of ether oxygens (including phenoxy) is 1. The first kappa shape index (κ1) is 10.0. The van der Waals surface area contributed by atoms with Crippen LogP contribution in [0, 0.1) is 0 Å². The lowest BCUT2D eigenvalue weighted by molar-refractivity contribution is 0.0778. The van der Waals surface area contributed by atoms with Gasteiger partial charge in [-0.2, -0.15) is 0 Å². The molecule has 0 aromatic heterocycles. The Morgan fingerprint density at radius 1 is 1.47 bits per heavy atom. The number of amides is 1. The molecule has 15 heavy (non-hydrogen) atoms. The largest absolute Gasteiger partial charge is 0.497 e. The van der Waals surface area contributed by atoms with E-state index in [-0.39, 0.29) is 5.91 Å². The van der Waals surface area contributed by atoms with Gasteiger partial charge in [0, 0.05) is 18.7 Å². The maximum Gasteiger partial charge on any atom is 0.254 e. The predicted molar refractivity (Wildman–Crippen MR) is 58.0 cm³/mol. The minimum Gasteiger partial charge on any atom is -0.497 e. The molecule has 0 spiro atoms. The molecule has 0 N–H and O–H groups in total. The van der Waals surface area contributed by atoms with Crippen molar-refractivity contribution in [3.63, 3.8) is 0 Å². The number of benzene rings is 1. The van der Waals surface area contributed by atoms with Crippen molar-refractivity contribution in [2.24, 2.45) is 0 Å². The van der Waals surface area contributed by atoms with E-state index in [1.54, 1.807) is 7.11 Å². The summed E-state index contributed by atoms with van der Waals surface area (Å²) in [5.41, 5.74) is 1.90. The Kier molecular flexibility index (Phi) is 2.62. The summed E-state index contributed by atoms with van der Waals surface area (Å²) in [6.07, 6.45) is 0.997. The molecule has 80 valence electrons. The number of nitrogens with zero attached hydrogens (tertiary/aromatic N) is 1. The van der Waals surface area contributed by atoms with Crippen molar-refractivity contribution in [3.05, 3.63) is 29.3 Å². The van der Waals surface area contributed by atoms with Crippen LogP contribution in [0.5, 0.6) is 5.75 Å². The van der Waals surface area contributed by atoms with Crippen molar-refractivity contribution in [1.29, 1.82) is 0 Å². The number of carbonyl (C=O) groups is 1. The average molecular weight is 205 g/mol. The molecule has 1 aliphatic heterocycles. The zero-order valence-corrected chi connectivity index (χ0v) is 9.12. The molecule has 0 atom stereocenters. The SMILES string of the molecule is CCCN1Cc2ccc(OC)cc2C1=O. The normalized spacial score (nSPS) is 14.3. The van der Waals surface area contributed by atoms with Crippen molar-refractivity contribution in [1.82, 2.24) is 4.90 Å². The van der Waals surface area contributed by atoms with Crippen molar-refractivity contribution in [2.75, 3.05) is 13.7 Å². The molecular weight excluding hydrogens is 190 g/mol. The molecule has 1 aromatic carbocycles. The Morgan fingerprint density at radius 3 is 2.93 bits per heavy atom. The Morgan fingerprint density at radius 2 is 2.27 bits per heavy atom. The fraction of sp³-hybridized carbons (Fsp3) is 0.417. The second-order valence-corrected chi connectivity index (χ2v) is 3.75. The lowest BCUT2D eigenvalue weighted by Crippen LogP contribution is -2.24.